The average molecular weight is 252 g/mol. The molecule has 0 aromatic carbocycles. The zero-order chi connectivity index (χ0) is 13.6. The van der Waals surface area contributed by atoms with E-state index in [-0.39, 0.29) is 0 Å². The molecule has 0 spiro atoms. The molecule has 1 heterocycles. The molecular weight excluding hydrogens is 220 g/mol. The molecule has 1 rings (SSSR count). The lowest BCUT2D eigenvalue weighted by Gasteiger charge is -2.32. The van der Waals surface area contributed by atoms with E-state index in [9.17, 15) is 0 Å². The molecule has 2 nitrogen and oxygen atoms in total. The molecule has 18 heavy (non-hydrogen) atoms. The van der Waals surface area contributed by atoms with Crippen LogP contribution in [0.2, 0.25) is 0 Å². The first-order chi connectivity index (χ1) is 8.43. The summed E-state index contributed by atoms with van der Waals surface area (Å²) < 4.78 is 0. The molecular formula is C16H32N2. The second-order valence-electron chi connectivity index (χ2n) is 6.85. The number of hydrogen-bond acceptors (Lipinski definition) is 2. The summed E-state index contributed by atoms with van der Waals surface area (Å²) in [5.41, 5.74) is 7.58. The standard InChI is InChI=1S/C16H32N2/c1-14(7-10-17)6-5-11-18-12-8-15(9-13-18)16(2,3)4/h8,14H,5-7,9-13,17H2,1-4H3. The van der Waals surface area contributed by atoms with Crippen molar-refractivity contribution in [3.63, 3.8) is 0 Å². The second kappa shape index (κ2) is 7.30. The highest BCUT2D eigenvalue weighted by molar-refractivity contribution is 5.14. The third kappa shape index (κ3) is 5.53. The van der Waals surface area contributed by atoms with E-state index >= 15 is 0 Å². The fraction of sp³-hybridized carbons (Fsp3) is 0.875. The number of nitrogens with zero attached hydrogens (tertiary/aromatic N) is 1. The molecule has 0 aliphatic carbocycles. The fourth-order valence-electron chi connectivity index (χ4n) is 2.69. The molecule has 0 radical (unpaired) electrons. The van der Waals surface area contributed by atoms with E-state index in [1.807, 2.05) is 0 Å². The van der Waals surface area contributed by atoms with Crippen LogP contribution in [0.4, 0.5) is 0 Å². The van der Waals surface area contributed by atoms with Gasteiger partial charge in [-0.2, -0.15) is 0 Å². The minimum absolute atomic E-state index is 0.363. The van der Waals surface area contributed by atoms with Crippen LogP contribution < -0.4 is 5.73 Å². The van der Waals surface area contributed by atoms with Gasteiger partial charge in [-0.25, -0.2) is 0 Å². The van der Waals surface area contributed by atoms with E-state index < -0.39 is 0 Å². The zero-order valence-electron chi connectivity index (χ0n) is 12.8. The van der Waals surface area contributed by atoms with Crippen molar-refractivity contribution >= 4 is 0 Å². The van der Waals surface area contributed by atoms with Gasteiger partial charge in [-0.1, -0.05) is 39.3 Å². The van der Waals surface area contributed by atoms with Gasteiger partial charge in [0.05, 0.1) is 0 Å². The molecule has 0 aromatic heterocycles. The minimum atomic E-state index is 0.363. The van der Waals surface area contributed by atoms with Crippen LogP contribution >= 0.6 is 0 Å². The van der Waals surface area contributed by atoms with E-state index in [2.05, 4.69) is 38.7 Å². The second-order valence-corrected chi connectivity index (χ2v) is 6.85. The summed E-state index contributed by atoms with van der Waals surface area (Å²) in [6, 6.07) is 0. The molecule has 0 saturated carbocycles. The van der Waals surface area contributed by atoms with Crippen LogP contribution in [0.5, 0.6) is 0 Å². The maximum Gasteiger partial charge on any atom is 0.0166 e. The Balaban J connectivity index is 2.22. The van der Waals surface area contributed by atoms with Crippen molar-refractivity contribution in [3.8, 4) is 0 Å². The highest BCUT2D eigenvalue weighted by Gasteiger charge is 2.20. The van der Waals surface area contributed by atoms with Crippen LogP contribution in [0.15, 0.2) is 11.6 Å². The molecule has 1 aliphatic heterocycles. The van der Waals surface area contributed by atoms with Crippen molar-refractivity contribution < 1.29 is 0 Å². The molecule has 2 N–H and O–H groups in total. The van der Waals surface area contributed by atoms with Crippen molar-refractivity contribution in [3.05, 3.63) is 11.6 Å². The first-order valence-corrected chi connectivity index (χ1v) is 7.55. The van der Waals surface area contributed by atoms with Gasteiger partial charge >= 0.3 is 0 Å². The predicted octanol–water partition coefficient (Wildman–Crippen LogP) is 3.43. The molecule has 0 bridgehead atoms. The van der Waals surface area contributed by atoms with Crippen molar-refractivity contribution in [2.75, 3.05) is 26.2 Å². The molecule has 0 saturated heterocycles. The maximum absolute atomic E-state index is 5.58. The molecule has 1 aliphatic rings. The maximum atomic E-state index is 5.58. The Morgan fingerprint density at radius 3 is 2.56 bits per heavy atom. The zero-order valence-corrected chi connectivity index (χ0v) is 12.8. The number of hydrogen-bond donors (Lipinski definition) is 1. The Labute approximate surface area is 114 Å². The van der Waals surface area contributed by atoms with Crippen LogP contribution in [-0.4, -0.2) is 31.1 Å². The Kier molecular flexibility index (Phi) is 6.37. The van der Waals surface area contributed by atoms with Crippen LogP contribution in [-0.2, 0) is 0 Å². The van der Waals surface area contributed by atoms with Gasteiger partial charge in [0.1, 0.15) is 0 Å². The van der Waals surface area contributed by atoms with Crippen LogP contribution in [0.25, 0.3) is 0 Å². The van der Waals surface area contributed by atoms with E-state index in [1.54, 1.807) is 5.57 Å². The third-order valence-corrected chi connectivity index (χ3v) is 4.09. The van der Waals surface area contributed by atoms with Gasteiger partial charge in [-0.05, 0) is 50.1 Å². The molecule has 1 unspecified atom stereocenters. The number of nitrogens with two attached hydrogens (primary N) is 1. The predicted molar refractivity (Wildman–Crippen MR) is 80.7 cm³/mol. The molecule has 0 amide bonds. The molecule has 2 heteroatoms. The van der Waals surface area contributed by atoms with Gasteiger partial charge in [0.15, 0.2) is 0 Å². The number of rotatable bonds is 6. The molecule has 106 valence electrons. The summed E-state index contributed by atoms with van der Waals surface area (Å²) >= 11 is 0. The Hall–Kier alpha value is -0.340. The lowest BCUT2D eigenvalue weighted by atomic mass is 9.83. The largest absolute Gasteiger partial charge is 0.330 e. The van der Waals surface area contributed by atoms with Crippen LogP contribution in [0, 0.1) is 11.3 Å². The molecule has 0 fully saturated rings. The van der Waals surface area contributed by atoms with Gasteiger partial charge in [0, 0.05) is 13.1 Å². The normalized spacial score (nSPS) is 19.7. The fourth-order valence-corrected chi connectivity index (χ4v) is 2.69. The van der Waals surface area contributed by atoms with Gasteiger partial charge in [0.25, 0.3) is 0 Å². The van der Waals surface area contributed by atoms with E-state index in [0.717, 1.165) is 19.0 Å². The molecule has 1 atom stereocenters. The van der Waals surface area contributed by atoms with Gasteiger partial charge < -0.3 is 5.73 Å². The topological polar surface area (TPSA) is 29.3 Å². The summed E-state index contributed by atoms with van der Waals surface area (Å²) in [5.74, 6) is 0.792. The first kappa shape index (κ1) is 15.7. The smallest absolute Gasteiger partial charge is 0.0166 e. The minimum Gasteiger partial charge on any atom is -0.330 e. The van der Waals surface area contributed by atoms with Crippen LogP contribution in [0.1, 0.15) is 53.4 Å². The quantitative estimate of drug-likeness (QED) is 0.734. The van der Waals surface area contributed by atoms with E-state index in [4.69, 9.17) is 5.73 Å². The Morgan fingerprint density at radius 1 is 1.33 bits per heavy atom. The van der Waals surface area contributed by atoms with Gasteiger partial charge in [0.2, 0.25) is 0 Å². The highest BCUT2D eigenvalue weighted by atomic mass is 15.1. The summed E-state index contributed by atoms with van der Waals surface area (Å²) in [5, 5.41) is 0. The Bertz CT molecular complexity index is 263. The third-order valence-electron chi connectivity index (χ3n) is 4.09. The summed E-state index contributed by atoms with van der Waals surface area (Å²) in [4.78, 5) is 2.59. The van der Waals surface area contributed by atoms with Gasteiger partial charge in [-0.3, -0.25) is 4.90 Å². The van der Waals surface area contributed by atoms with Crippen molar-refractivity contribution in [1.29, 1.82) is 0 Å². The SMILES string of the molecule is CC(CCN)CCCN1CC=C(C(C)(C)C)CC1. The summed E-state index contributed by atoms with van der Waals surface area (Å²) in [7, 11) is 0. The molecule has 0 aromatic rings. The Morgan fingerprint density at radius 2 is 2.06 bits per heavy atom. The van der Waals surface area contributed by atoms with Crippen molar-refractivity contribution in [2.45, 2.75) is 53.4 Å². The van der Waals surface area contributed by atoms with Crippen LogP contribution in [0.3, 0.4) is 0 Å². The lowest BCUT2D eigenvalue weighted by molar-refractivity contribution is 0.266. The first-order valence-electron chi connectivity index (χ1n) is 7.55. The summed E-state index contributed by atoms with van der Waals surface area (Å²) in [6.07, 6.45) is 7.52. The monoisotopic (exact) mass is 252 g/mol. The van der Waals surface area contributed by atoms with E-state index in [1.165, 1.54) is 38.8 Å². The van der Waals surface area contributed by atoms with E-state index in [0.29, 0.717) is 5.41 Å². The van der Waals surface area contributed by atoms with Crippen molar-refractivity contribution in [1.82, 2.24) is 4.90 Å². The lowest BCUT2D eigenvalue weighted by Crippen LogP contribution is -2.32. The van der Waals surface area contributed by atoms with Gasteiger partial charge in [-0.15, -0.1) is 0 Å². The summed E-state index contributed by atoms with van der Waals surface area (Å²) in [6.45, 7) is 13.8. The highest BCUT2D eigenvalue weighted by Crippen LogP contribution is 2.30. The average Bonchev–Trinajstić information content (AvgIpc) is 2.29. The van der Waals surface area contributed by atoms with Crippen molar-refractivity contribution in [2.24, 2.45) is 17.1 Å².